The van der Waals surface area contributed by atoms with Crippen LogP contribution in [0.2, 0.25) is 5.02 Å². The zero-order chi connectivity index (χ0) is 17.9. The molecule has 2 aromatic carbocycles. The van der Waals surface area contributed by atoms with E-state index in [-0.39, 0.29) is 12.5 Å². The fourth-order valence-electron chi connectivity index (χ4n) is 1.90. The highest BCUT2D eigenvalue weighted by molar-refractivity contribution is 6.32. The molecule has 0 aliphatic heterocycles. The van der Waals surface area contributed by atoms with Gasteiger partial charge in [0.05, 0.1) is 17.8 Å². The standard InChI is InChI=1S/C19H21ClN2O3/c1-2-3-12-24-16-10-8-15(9-11-16)13-21-22-19(23)14-25-18-7-5-4-6-17(18)20/h4-11,13H,2-3,12,14H2,1H3,(H,22,23). The fraction of sp³-hybridized carbons (Fsp3) is 0.263. The molecule has 0 saturated heterocycles. The van der Waals surface area contributed by atoms with Gasteiger partial charge in [0, 0.05) is 0 Å². The number of benzene rings is 2. The van der Waals surface area contributed by atoms with E-state index >= 15 is 0 Å². The Bertz CT molecular complexity index is 702. The van der Waals surface area contributed by atoms with Gasteiger partial charge in [0.15, 0.2) is 6.61 Å². The van der Waals surface area contributed by atoms with Crippen molar-refractivity contribution >= 4 is 23.7 Å². The first-order valence-corrected chi connectivity index (χ1v) is 8.49. The molecule has 0 atom stereocenters. The largest absolute Gasteiger partial charge is 0.494 e. The van der Waals surface area contributed by atoms with E-state index in [1.807, 2.05) is 24.3 Å². The number of nitrogens with zero attached hydrogens (tertiary/aromatic N) is 1. The first-order valence-electron chi connectivity index (χ1n) is 8.11. The molecule has 6 heteroatoms. The molecule has 0 aliphatic carbocycles. The van der Waals surface area contributed by atoms with Crippen molar-refractivity contribution in [2.75, 3.05) is 13.2 Å². The molecule has 1 N–H and O–H groups in total. The Morgan fingerprint density at radius 2 is 1.92 bits per heavy atom. The SMILES string of the molecule is CCCCOc1ccc(C=NNC(=O)COc2ccccc2Cl)cc1. The average molecular weight is 361 g/mol. The number of carbonyl (C=O) groups excluding carboxylic acids is 1. The second-order valence-electron chi connectivity index (χ2n) is 5.28. The third-order valence-corrected chi connectivity index (χ3v) is 3.56. The van der Waals surface area contributed by atoms with Crippen LogP contribution in [0.15, 0.2) is 53.6 Å². The Hall–Kier alpha value is -2.53. The van der Waals surface area contributed by atoms with Gasteiger partial charge in [-0.25, -0.2) is 5.43 Å². The lowest BCUT2D eigenvalue weighted by molar-refractivity contribution is -0.123. The molecule has 0 saturated carbocycles. The first kappa shape index (κ1) is 18.8. The summed E-state index contributed by atoms with van der Waals surface area (Å²) in [7, 11) is 0. The van der Waals surface area contributed by atoms with Crippen molar-refractivity contribution in [3.63, 3.8) is 0 Å². The lowest BCUT2D eigenvalue weighted by Crippen LogP contribution is -2.24. The van der Waals surface area contributed by atoms with Crippen molar-refractivity contribution in [2.24, 2.45) is 5.10 Å². The number of hydrogen-bond donors (Lipinski definition) is 1. The third-order valence-electron chi connectivity index (χ3n) is 3.25. The lowest BCUT2D eigenvalue weighted by atomic mass is 10.2. The van der Waals surface area contributed by atoms with Crippen LogP contribution in [0.3, 0.4) is 0 Å². The van der Waals surface area contributed by atoms with E-state index in [1.54, 1.807) is 30.5 Å². The number of unbranched alkanes of at least 4 members (excludes halogenated alkanes) is 1. The van der Waals surface area contributed by atoms with Crippen molar-refractivity contribution in [1.82, 2.24) is 5.43 Å². The Kier molecular flexibility index (Phi) is 7.79. The van der Waals surface area contributed by atoms with Crippen LogP contribution in [0.4, 0.5) is 0 Å². The Morgan fingerprint density at radius 1 is 1.16 bits per heavy atom. The van der Waals surface area contributed by atoms with Gasteiger partial charge >= 0.3 is 0 Å². The van der Waals surface area contributed by atoms with Gasteiger partial charge in [-0.2, -0.15) is 5.10 Å². The van der Waals surface area contributed by atoms with Crippen molar-refractivity contribution in [3.05, 3.63) is 59.1 Å². The molecule has 0 unspecified atom stereocenters. The smallest absolute Gasteiger partial charge is 0.277 e. The molecule has 132 valence electrons. The quantitative estimate of drug-likeness (QED) is 0.417. The predicted octanol–water partition coefficient (Wildman–Crippen LogP) is 4.05. The van der Waals surface area contributed by atoms with Crippen molar-refractivity contribution < 1.29 is 14.3 Å². The zero-order valence-corrected chi connectivity index (χ0v) is 14.8. The van der Waals surface area contributed by atoms with Crippen LogP contribution in [0.5, 0.6) is 11.5 Å². The number of ether oxygens (including phenoxy) is 2. The van der Waals surface area contributed by atoms with E-state index < -0.39 is 0 Å². The number of amides is 1. The first-order chi connectivity index (χ1) is 12.2. The van der Waals surface area contributed by atoms with E-state index in [1.165, 1.54) is 0 Å². The number of nitrogens with one attached hydrogen (secondary N) is 1. The summed E-state index contributed by atoms with van der Waals surface area (Å²) in [6.07, 6.45) is 3.69. The van der Waals surface area contributed by atoms with Gasteiger partial charge < -0.3 is 9.47 Å². The molecule has 2 rings (SSSR count). The number of hydrazone groups is 1. The molecule has 2 aromatic rings. The highest BCUT2D eigenvalue weighted by atomic mass is 35.5. The summed E-state index contributed by atoms with van der Waals surface area (Å²) >= 11 is 5.95. The maximum Gasteiger partial charge on any atom is 0.277 e. The highest BCUT2D eigenvalue weighted by Crippen LogP contribution is 2.22. The molecular weight excluding hydrogens is 340 g/mol. The topological polar surface area (TPSA) is 59.9 Å². The Morgan fingerprint density at radius 3 is 2.64 bits per heavy atom. The maximum atomic E-state index is 11.7. The van der Waals surface area contributed by atoms with E-state index in [9.17, 15) is 4.79 Å². The Labute approximate surface area is 152 Å². The predicted molar refractivity (Wildman–Crippen MR) is 99.5 cm³/mol. The second kappa shape index (κ2) is 10.4. The van der Waals surface area contributed by atoms with Crippen molar-refractivity contribution in [3.8, 4) is 11.5 Å². The number of para-hydroxylation sites is 1. The second-order valence-corrected chi connectivity index (χ2v) is 5.69. The van der Waals surface area contributed by atoms with Gasteiger partial charge in [-0.15, -0.1) is 0 Å². The molecule has 0 bridgehead atoms. The third kappa shape index (κ3) is 6.85. The van der Waals surface area contributed by atoms with Gasteiger partial charge in [-0.3, -0.25) is 4.79 Å². The summed E-state index contributed by atoms with van der Waals surface area (Å²) in [5.41, 5.74) is 3.27. The highest BCUT2D eigenvalue weighted by Gasteiger charge is 2.04. The normalized spacial score (nSPS) is 10.6. The van der Waals surface area contributed by atoms with Crippen LogP contribution in [0.1, 0.15) is 25.3 Å². The lowest BCUT2D eigenvalue weighted by Gasteiger charge is -2.06. The number of carbonyl (C=O) groups is 1. The molecular formula is C19H21ClN2O3. The molecule has 0 fully saturated rings. The van der Waals surface area contributed by atoms with Gasteiger partial charge in [0.2, 0.25) is 0 Å². The fourth-order valence-corrected chi connectivity index (χ4v) is 2.09. The minimum absolute atomic E-state index is 0.161. The summed E-state index contributed by atoms with van der Waals surface area (Å²) in [4.78, 5) is 11.7. The van der Waals surface area contributed by atoms with Crippen LogP contribution in [-0.2, 0) is 4.79 Å². The van der Waals surface area contributed by atoms with E-state index in [0.29, 0.717) is 17.4 Å². The molecule has 0 radical (unpaired) electrons. The van der Waals surface area contributed by atoms with Crippen molar-refractivity contribution in [2.45, 2.75) is 19.8 Å². The van der Waals surface area contributed by atoms with E-state index in [4.69, 9.17) is 21.1 Å². The van der Waals surface area contributed by atoms with Gasteiger partial charge in [0.1, 0.15) is 11.5 Å². The van der Waals surface area contributed by atoms with Crippen LogP contribution in [0.25, 0.3) is 0 Å². The summed E-state index contributed by atoms with van der Waals surface area (Å²) in [5, 5.41) is 4.36. The van der Waals surface area contributed by atoms with E-state index in [2.05, 4.69) is 17.5 Å². The van der Waals surface area contributed by atoms with Crippen LogP contribution in [0, 0.1) is 0 Å². The van der Waals surface area contributed by atoms with Gasteiger partial charge in [-0.05, 0) is 48.4 Å². The number of hydrogen-bond acceptors (Lipinski definition) is 4. The zero-order valence-electron chi connectivity index (χ0n) is 14.1. The van der Waals surface area contributed by atoms with Crippen LogP contribution in [-0.4, -0.2) is 25.3 Å². The average Bonchev–Trinajstić information content (AvgIpc) is 2.62. The number of rotatable bonds is 9. The summed E-state index contributed by atoms with van der Waals surface area (Å²) < 4.78 is 10.9. The van der Waals surface area contributed by atoms with Crippen molar-refractivity contribution in [1.29, 1.82) is 0 Å². The molecule has 5 nitrogen and oxygen atoms in total. The molecule has 0 aromatic heterocycles. The molecule has 0 heterocycles. The molecule has 0 spiro atoms. The van der Waals surface area contributed by atoms with Gasteiger partial charge in [0.25, 0.3) is 5.91 Å². The minimum atomic E-state index is -0.365. The number of halogens is 1. The van der Waals surface area contributed by atoms with Crippen LogP contribution < -0.4 is 14.9 Å². The minimum Gasteiger partial charge on any atom is -0.494 e. The molecule has 25 heavy (non-hydrogen) atoms. The van der Waals surface area contributed by atoms with Crippen LogP contribution >= 0.6 is 11.6 Å². The summed E-state index contributed by atoms with van der Waals surface area (Å²) in [6, 6.07) is 14.5. The van der Waals surface area contributed by atoms with E-state index in [0.717, 1.165) is 24.2 Å². The molecule has 1 amide bonds. The summed E-state index contributed by atoms with van der Waals surface area (Å²) in [5.74, 6) is 0.917. The monoisotopic (exact) mass is 360 g/mol. The maximum absolute atomic E-state index is 11.7. The molecule has 0 aliphatic rings. The summed E-state index contributed by atoms with van der Waals surface area (Å²) in [6.45, 7) is 2.67. The van der Waals surface area contributed by atoms with Gasteiger partial charge in [-0.1, -0.05) is 37.1 Å². The Balaban J connectivity index is 1.74.